The molecule has 1 saturated heterocycles. The maximum Gasteiger partial charge on any atom is 0.413 e. The number of pyridine rings is 3. The summed E-state index contributed by atoms with van der Waals surface area (Å²) in [5, 5.41) is 12.6. The summed E-state index contributed by atoms with van der Waals surface area (Å²) in [5.41, 5.74) is 0.313. The highest BCUT2D eigenvalue weighted by atomic mass is 32.1. The van der Waals surface area contributed by atoms with E-state index in [2.05, 4.69) is 15.3 Å². The lowest BCUT2D eigenvalue weighted by Crippen LogP contribution is -2.66. The zero-order valence-corrected chi connectivity index (χ0v) is 31.6. The molecule has 54 heavy (non-hydrogen) atoms. The van der Waals surface area contributed by atoms with Crippen LogP contribution in [0.5, 0.6) is 0 Å². The van der Waals surface area contributed by atoms with Crippen molar-refractivity contribution in [3.63, 3.8) is 0 Å². The fourth-order valence-corrected chi connectivity index (χ4v) is 8.06. The van der Waals surface area contributed by atoms with E-state index in [0.717, 1.165) is 17.4 Å². The van der Waals surface area contributed by atoms with Crippen molar-refractivity contribution in [3.8, 4) is 16.9 Å². The Hall–Kier alpha value is -5.71. The predicted molar refractivity (Wildman–Crippen MR) is 201 cm³/mol. The van der Waals surface area contributed by atoms with Gasteiger partial charge in [0.15, 0.2) is 10.8 Å². The van der Waals surface area contributed by atoms with Crippen LogP contribution in [-0.2, 0) is 9.53 Å². The molecule has 14 nitrogen and oxygen atoms in total. The topological polar surface area (TPSA) is 163 Å². The molecule has 0 unspecified atom stereocenters. The minimum Gasteiger partial charge on any atom is -0.465 e. The van der Waals surface area contributed by atoms with Crippen LogP contribution in [-0.4, -0.2) is 85.4 Å². The molecule has 5 aromatic rings. The van der Waals surface area contributed by atoms with Crippen LogP contribution in [0.25, 0.3) is 38.2 Å². The number of fused-ring (bicyclic) bond motifs is 6. The van der Waals surface area contributed by atoms with E-state index >= 15 is 8.78 Å². The maximum absolute atomic E-state index is 16.8. The van der Waals surface area contributed by atoms with Crippen LogP contribution in [0, 0.1) is 18.6 Å². The maximum atomic E-state index is 16.8. The summed E-state index contributed by atoms with van der Waals surface area (Å²) in [6.07, 6.45) is -0.366. The van der Waals surface area contributed by atoms with Crippen molar-refractivity contribution in [1.82, 2.24) is 24.4 Å². The van der Waals surface area contributed by atoms with Crippen molar-refractivity contribution >= 4 is 67.2 Å². The molecule has 2 atom stereocenters. The fourth-order valence-electron chi connectivity index (χ4n) is 7.17. The lowest BCUT2D eigenvalue weighted by atomic mass is 9.98. The number of piperazine rings is 1. The van der Waals surface area contributed by atoms with Crippen molar-refractivity contribution in [2.24, 2.45) is 0 Å². The molecule has 4 aromatic heterocycles. The molecule has 0 aliphatic carbocycles. The number of likely N-dealkylation sites (N-methyl/N-ethyl adjacent to an activating group) is 1. The van der Waals surface area contributed by atoms with Gasteiger partial charge in [-0.15, -0.1) is 0 Å². The monoisotopic (exact) mass is 760 g/mol. The molecule has 3 amide bonds. The Balaban J connectivity index is 1.53. The molecule has 7 rings (SSSR count). The third-order valence-electron chi connectivity index (χ3n) is 9.56. The Morgan fingerprint density at radius 2 is 1.78 bits per heavy atom. The molecule has 6 heterocycles. The average Bonchev–Trinajstić information content (AvgIpc) is 3.50. The van der Waals surface area contributed by atoms with Gasteiger partial charge in [-0.2, -0.15) is 0 Å². The second-order valence-electron chi connectivity index (χ2n) is 14.8. The lowest BCUT2D eigenvalue weighted by Gasteiger charge is -2.49. The number of rotatable bonds is 4. The van der Waals surface area contributed by atoms with Crippen molar-refractivity contribution < 1.29 is 33.0 Å². The second kappa shape index (κ2) is 13.0. The summed E-state index contributed by atoms with van der Waals surface area (Å²) in [6, 6.07) is 3.87. The first kappa shape index (κ1) is 36.6. The molecule has 1 aromatic carbocycles. The van der Waals surface area contributed by atoms with Gasteiger partial charge >= 0.3 is 12.2 Å². The number of hydrogen-bond acceptors (Lipinski definition) is 10. The van der Waals surface area contributed by atoms with E-state index in [4.69, 9.17) is 9.72 Å². The summed E-state index contributed by atoms with van der Waals surface area (Å²) in [7, 11) is 1.44. The summed E-state index contributed by atoms with van der Waals surface area (Å²) < 4.78 is 38.8. The third-order valence-corrected chi connectivity index (χ3v) is 10.5. The number of nitrogens with one attached hydrogen (secondary N) is 1. The summed E-state index contributed by atoms with van der Waals surface area (Å²) in [5.74, 6) is -2.16. The molecule has 2 N–H and O–H groups in total. The van der Waals surface area contributed by atoms with Gasteiger partial charge < -0.3 is 24.5 Å². The minimum absolute atomic E-state index is 0.0127. The van der Waals surface area contributed by atoms with Crippen molar-refractivity contribution in [2.75, 3.05) is 35.3 Å². The second-order valence-corrected chi connectivity index (χ2v) is 15.8. The Morgan fingerprint density at radius 1 is 1.06 bits per heavy atom. The van der Waals surface area contributed by atoms with Gasteiger partial charge in [0.05, 0.1) is 33.8 Å². The number of anilines is 3. The number of thiazole rings is 1. The largest absolute Gasteiger partial charge is 0.465 e. The molecule has 1 fully saturated rings. The molecule has 0 saturated carbocycles. The SMILES string of the molecule is Cc1ccnc(C(C)C)c1-n1c(=O)c2c(c3cc(F)c(-c4ccc(F)c5sc(NC(=O)OC(C)(C)C)nc45)nc31)N1C[C@@H](C)N(C(=O)O)C[C@@H]1C(=O)N2C. The normalized spacial score (nSPS) is 17.3. The molecular formula is C37H38F2N8O6S. The first-order valence-electron chi connectivity index (χ1n) is 17.3. The van der Waals surface area contributed by atoms with Gasteiger partial charge in [0.2, 0.25) is 0 Å². The van der Waals surface area contributed by atoms with Crippen molar-refractivity contribution in [3.05, 3.63) is 63.7 Å². The smallest absolute Gasteiger partial charge is 0.413 e. The van der Waals surface area contributed by atoms with Gasteiger partial charge in [0, 0.05) is 36.8 Å². The van der Waals surface area contributed by atoms with Crippen molar-refractivity contribution in [1.29, 1.82) is 0 Å². The third kappa shape index (κ3) is 5.95. The van der Waals surface area contributed by atoms with Crippen molar-refractivity contribution in [2.45, 2.75) is 72.1 Å². The average molecular weight is 761 g/mol. The standard InChI is InChI=1S/C37H38F2N8O6S/c1-16(2)24-27(17(3)11-12-40-24)47-31-20(28-29(33(47)49)44(8)32(48)23-15-45(36(51)52)18(4)14-46(23)28)13-22(39)25(41-31)19-9-10-21(38)30-26(19)42-34(54-30)43-35(50)53-37(5,6)7/h9-13,16,18,23H,14-15H2,1-8H3,(H,51,52)(H,42,43,50)/t18-,23-/m1/s1. The van der Waals surface area contributed by atoms with Crippen LogP contribution in [0.15, 0.2) is 35.3 Å². The Labute approximate surface area is 312 Å². The van der Waals surface area contributed by atoms with E-state index in [9.17, 15) is 24.3 Å². The number of nitrogens with zero attached hydrogens (tertiary/aromatic N) is 7. The number of carboxylic acid groups (broad SMARTS) is 1. The van der Waals surface area contributed by atoms with E-state index in [1.165, 1.54) is 33.5 Å². The van der Waals surface area contributed by atoms with Gasteiger partial charge in [-0.05, 0) is 70.4 Å². The lowest BCUT2D eigenvalue weighted by molar-refractivity contribution is -0.120. The first-order chi connectivity index (χ1) is 25.4. The molecule has 282 valence electrons. The van der Waals surface area contributed by atoms with Crippen LogP contribution in [0.2, 0.25) is 0 Å². The number of halogens is 2. The van der Waals surface area contributed by atoms with E-state index in [-0.39, 0.29) is 68.0 Å². The Morgan fingerprint density at radius 3 is 2.44 bits per heavy atom. The van der Waals surface area contributed by atoms with Crippen LogP contribution in [0.3, 0.4) is 0 Å². The van der Waals surface area contributed by atoms with Gasteiger partial charge in [-0.3, -0.25) is 24.5 Å². The summed E-state index contributed by atoms with van der Waals surface area (Å²) in [4.78, 5) is 71.5. The number of aryl methyl sites for hydroxylation is 1. The highest BCUT2D eigenvalue weighted by Crippen LogP contribution is 2.44. The molecule has 0 bridgehead atoms. The molecular weight excluding hydrogens is 723 g/mol. The van der Waals surface area contributed by atoms with Crippen LogP contribution in [0.4, 0.5) is 34.9 Å². The summed E-state index contributed by atoms with van der Waals surface area (Å²) >= 11 is 0.838. The van der Waals surface area contributed by atoms with E-state index in [0.29, 0.717) is 16.9 Å². The quantitative estimate of drug-likeness (QED) is 0.203. The van der Waals surface area contributed by atoms with Crippen LogP contribution >= 0.6 is 11.3 Å². The number of carbonyl (C=O) groups excluding carboxylic acids is 2. The zero-order chi connectivity index (χ0) is 39.1. The van der Waals surface area contributed by atoms with Gasteiger partial charge in [0.25, 0.3) is 11.5 Å². The first-order valence-corrected chi connectivity index (χ1v) is 18.1. The van der Waals surface area contributed by atoms with Crippen LogP contribution in [0.1, 0.15) is 58.7 Å². The number of hydrogen-bond donors (Lipinski definition) is 2. The van der Waals surface area contributed by atoms with E-state index in [1.807, 2.05) is 13.8 Å². The number of carbonyl (C=O) groups is 3. The molecule has 0 radical (unpaired) electrons. The minimum atomic E-state index is -1.19. The number of ether oxygens (including phenoxy) is 1. The number of aromatic nitrogens is 4. The highest BCUT2D eigenvalue weighted by molar-refractivity contribution is 7.22. The Kier molecular flexibility index (Phi) is 8.82. The highest BCUT2D eigenvalue weighted by Gasteiger charge is 2.46. The van der Waals surface area contributed by atoms with Gasteiger partial charge in [0.1, 0.15) is 34.7 Å². The predicted octanol–water partition coefficient (Wildman–Crippen LogP) is 6.65. The number of benzene rings is 1. The molecule has 2 aliphatic heterocycles. The fraction of sp³-hybridized carbons (Fsp3) is 0.378. The van der Waals surface area contributed by atoms with Crippen LogP contribution < -0.4 is 20.7 Å². The summed E-state index contributed by atoms with van der Waals surface area (Å²) in [6.45, 7) is 12.3. The Bertz CT molecular complexity index is 2480. The van der Waals surface area contributed by atoms with E-state index < -0.39 is 53.0 Å². The molecule has 17 heteroatoms. The number of amides is 3. The van der Waals surface area contributed by atoms with Gasteiger partial charge in [-0.1, -0.05) is 25.2 Å². The zero-order valence-electron chi connectivity index (χ0n) is 30.8. The van der Waals surface area contributed by atoms with E-state index in [1.54, 1.807) is 51.8 Å². The molecule has 2 aliphatic rings. The van der Waals surface area contributed by atoms with Gasteiger partial charge in [-0.25, -0.2) is 28.3 Å². The molecule has 0 spiro atoms.